The zero-order valence-corrected chi connectivity index (χ0v) is 26.2. The lowest BCUT2D eigenvalue weighted by Gasteiger charge is -2.27. The summed E-state index contributed by atoms with van der Waals surface area (Å²) in [5.74, 6) is -0.790. The van der Waals surface area contributed by atoms with Crippen LogP contribution in [-0.4, -0.2) is 25.2 Å². The highest BCUT2D eigenvalue weighted by Crippen LogP contribution is 2.30. The number of esters is 2. The number of rotatable bonds is 29. The van der Waals surface area contributed by atoms with E-state index in [-0.39, 0.29) is 0 Å². The molecule has 0 spiro atoms. The molecule has 0 N–H and O–H groups in total. The minimum atomic E-state index is -1.14. The molecule has 0 saturated heterocycles. The van der Waals surface area contributed by atoms with Gasteiger partial charge in [0.2, 0.25) is 0 Å². The van der Waals surface area contributed by atoms with Crippen molar-refractivity contribution in [1.29, 1.82) is 0 Å². The second-order valence-electron chi connectivity index (χ2n) is 11.5. The first-order chi connectivity index (χ1) is 18.6. The Morgan fingerprint density at radius 2 is 0.632 bits per heavy atom. The summed E-state index contributed by atoms with van der Waals surface area (Å²) < 4.78 is 11.1. The van der Waals surface area contributed by atoms with Gasteiger partial charge in [0.05, 0.1) is 13.2 Å². The van der Waals surface area contributed by atoms with E-state index >= 15 is 0 Å². The van der Waals surface area contributed by atoms with E-state index in [0.29, 0.717) is 26.1 Å². The summed E-state index contributed by atoms with van der Waals surface area (Å²) in [5, 5.41) is 0. The first-order valence-electron chi connectivity index (χ1n) is 16.9. The van der Waals surface area contributed by atoms with Crippen molar-refractivity contribution in [2.45, 2.75) is 188 Å². The fourth-order valence-corrected chi connectivity index (χ4v) is 5.23. The normalized spacial score (nSPS) is 11.6. The van der Waals surface area contributed by atoms with E-state index in [0.717, 1.165) is 25.7 Å². The van der Waals surface area contributed by atoms with Crippen LogP contribution in [0.25, 0.3) is 0 Å². The summed E-state index contributed by atoms with van der Waals surface area (Å²) in [7, 11) is 0. The van der Waals surface area contributed by atoms with Crippen LogP contribution >= 0.6 is 0 Å². The van der Waals surface area contributed by atoms with Crippen molar-refractivity contribution >= 4 is 11.9 Å². The predicted molar refractivity (Wildman–Crippen MR) is 162 cm³/mol. The molecule has 0 amide bonds. The van der Waals surface area contributed by atoms with Crippen molar-refractivity contribution in [2.75, 3.05) is 13.2 Å². The Morgan fingerprint density at radius 3 is 0.868 bits per heavy atom. The average molecular weight is 539 g/mol. The maximum absolute atomic E-state index is 12.9. The second-order valence-corrected chi connectivity index (χ2v) is 11.5. The fourth-order valence-electron chi connectivity index (χ4n) is 5.23. The van der Waals surface area contributed by atoms with Gasteiger partial charge in [0, 0.05) is 0 Å². The standard InChI is InChI=1S/C34H66O4/c1-5-9-11-13-15-17-18-19-20-21-23-25-27-29-31-38-33(36)34(7-3,8-4)32(35)37-30-28-26-24-22-16-14-12-10-6-2/h5-31H2,1-4H3. The molecule has 0 atom stereocenters. The smallest absolute Gasteiger partial charge is 0.323 e. The number of carbonyl (C=O) groups excluding carboxylic acids is 2. The van der Waals surface area contributed by atoms with Crippen molar-refractivity contribution in [2.24, 2.45) is 5.41 Å². The van der Waals surface area contributed by atoms with E-state index in [1.165, 1.54) is 122 Å². The molecule has 0 fully saturated rings. The van der Waals surface area contributed by atoms with Gasteiger partial charge in [-0.3, -0.25) is 9.59 Å². The maximum Gasteiger partial charge on any atom is 0.323 e. The SMILES string of the molecule is CCCCCCCCCCCCCCCCOC(=O)C(CC)(CC)C(=O)OCCCCCCCCCCC. The Hall–Kier alpha value is -1.06. The van der Waals surface area contributed by atoms with Crippen LogP contribution in [0.1, 0.15) is 188 Å². The first-order valence-corrected chi connectivity index (χ1v) is 16.9. The number of ether oxygens (including phenoxy) is 2. The Kier molecular flexibility index (Phi) is 26.7. The van der Waals surface area contributed by atoms with Crippen molar-refractivity contribution in [3.63, 3.8) is 0 Å². The minimum Gasteiger partial charge on any atom is -0.465 e. The molecule has 0 aromatic rings. The number of unbranched alkanes of at least 4 members (excludes halogenated alkanes) is 21. The lowest BCUT2D eigenvalue weighted by Crippen LogP contribution is -2.41. The Balaban J connectivity index is 3.86. The first kappa shape index (κ1) is 36.9. The highest BCUT2D eigenvalue weighted by molar-refractivity contribution is 5.99. The molecule has 38 heavy (non-hydrogen) atoms. The van der Waals surface area contributed by atoms with Crippen LogP contribution in [0.15, 0.2) is 0 Å². The second kappa shape index (κ2) is 27.5. The van der Waals surface area contributed by atoms with Crippen molar-refractivity contribution in [3.05, 3.63) is 0 Å². The zero-order chi connectivity index (χ0) is 28.2. The van der Waals surface area contributed by atoms with Gasteiger partial charge in [-0.15, -0.1) is 0 Å². The third-order valence-electron chi connectivity index (χ3n) is 8.20. The largest absolute Gasteiger partial charge is 0.465 e. The van der Waals surface area contributed by atoms with Crippen LogP contribution in [0.3, 0.4) is 0 Å². The molecule has 4 nitrogen and oxygen atoms in total. The fraction of sp³-hybridized carbons (Fsp3) is 0.941. The van der Waals surface area contributed by atoms with Crippen LogP contribution < -0.4 is 0 Å². The van der Waals surface area contributed by atoms with Gasteiger partial charge in [-0.2, -0.15) is 0 Å². The van der Waals surface area contributed by atoms with Crippen LogP contribution in [0.4, 0.5) is 0 Å². The number of carbonyl (C=O) groups is 2. The van der Waals surface area contributed by atoms with Crippen molar-refractivity contribution in [1.82, 2.24) is 0 Å². The molecule has 0 unspecified atom stereocenters. The van der Waals surface area contributed by atoms with E-state index in [2.05, 4.69) is 13.8 Å². The minimum absolute atomic E-state index is 0.394. The number of hydrogen-bond acceptors (Lipinski definition) is 4. The molecular formula is C34H66O4. The van der Waals surface area contributed by atoms with Crippen LogP contribution in [0, 0.1) is 5.41 Å². The Bertz CT molecular complexity index is 527. The summed E-state index contributed by atoms with van der Waals surface area (Å²) in [6, 6.07) is 0. The van der Waals surface area contributed by atoms with Gasteiger partial charge in [0.25, 0.3) is 0 Å². The van der Waals surface area contributed by atoms with Gasteiger partial charge >= 0.3 is 11.9 Å². The predicted octanol–water partition coefficient (Wildman–Crippen LogP) is 10.9. The van der Waals surface area contributed by atoms with Crippen molar-refractivity contribution in [3.8, 4) is 0 Å². The average Bonchev–Trinajstić information content (AvgIpc) is 2.92. The number of hydrogen-bond donors (Lipinski definition) is 0. The highest BCUT2D eigenvalue weighted by Gasteiger charge is 2.45. The van der Waals surface area contributed by atoms with Gasteiger partial charge in [0.15, 0.2) is 5.41 Å². The quantitative estimate of drug-likeness (QED) is 0.0540. The zero-order valence-electron chi connectivity index (χ0n) is 26.2. The van der Waals surface area contributed by atoms with Gasteiger partial charge < -0.3 is 9.47 Å². The summed E-state index contributed by atoms with van der Waals surface area (Å²) in [5.41, 5.74) is -1.14. The van der Waals surface area contributed by atoms with E-state index in [1.54, 1.807) is 0 Å². The molecule has 0 aromatic heterocycles. The molecule has 4 heteroatoms. The summed E-state index contributed by atoms with van der Waals surface area (Å²) in [4.78, 5) is 25.7. The van der Waals surface area contributed by atoms with E-state index in [9.17, 15) is 9.59 Å². The summed E-state index contributed by atoms with van der Waals surface area (Å²) >= 11 is 0. The molecule has 0 bridgehead atoms. The molecule has 0 aromatic carbocycles. The van der Waals surface area contributed by atoms with Crippen LogP contribution in [-0.2, 0) is 19.1 Å². The molecule has 0 aliphatic carbocycles. The Morgan fingerprint density at radius 1 is 0.395 bits per heavy atom. The van der Waals surface area contributed by atoms with Gasteiger partial charge in [-0.05, 0) is 25.7 Å². The van der Waals surface area contributed by atoms with Gasteiger partial charge in [0.1, 0.15) is 0 Å². The van der Waals surface area contributed by atoms with Gasteiger partial charge in [-0.25, -0.2) is 0 Å². The van der Waals surface area contributed by atoms with Crippen LogP contribution in [0.2, 0.25) is 0 Å². The summed E-state index contributed by atoms with van der Waals surface area (Å²) in [6.07, 6.45) is 30.1. The highest BCUT2D eigenvalue weighted by atomic mass is 16.6. The molecule has 0 radical (unpaired) electrons. The van der Waals surface area contributed by atoms with Crippen LogP contribution in [0.5, 0.6) is 0 Å². The lowest BCUT2D eigenvalue weighted by molar-refractivity contribution is -0.173. The molecule has 0 rings (SSSR count). The van der Waals surface area contributed by atoms with E-state index in [4.69, 9.17) is 9.47 Å². The maximum atomic E-state index is 12.9. The molecule has 0 saturated carbocycles. The molecule has 226 valence electrons. The molecular weight excluding hydrogens is 472 g/mol. The van der Waals surface area contributed by atoms with Gasteiger partial charge in [-0.1, -0.05) is 163 Å². The third-order valence-corrected chi connectivity index (χ3v) is 8.20. The van der Waals surface area contributed by atoms with Crippen molar-refractivity contribution < 1.29 is 19.1 Å². The van der Waals surface area contributed by atoms with E-state index < -0.39 is 17.4 Å². The summed E-state index contributed by atoms with van der Waals surface area (Å²) in [6.45, 7) is 9.10. The topological polar surface area (TPSA) is 52.6 Å². The molecule has 0 aliphatic rings. The third kappa shape index (κ3) is 19.1. The Labute approximate surface area is 237 Å². The lowest BCUT2D eigenvalue weighted by atomic mass is 9.82. The molecule has 0 aliphatic heterocycles. The molecule has 0 heterocycles. The van der Waals surface area contributed by atoms with E-state index in [1.807, 2.05) is 13.8 Å². The monoisotopic (exact) mass is 538 g/mol.